The molecule has 0 spiro atoms. The molecule has 0 saturated carbocycles. The van der Waals surface area contributed by atoms with Crippen LogP contribution in [0.3, 0.4) is 0 Å². The van der Waals surface area contributed by atoms with E-state index >= 15 is 0 Å². The van der Waals surface area contributed by atoms with E-state index in [1.807, 2.05) is 6.07 Å². The molecule has 0 aromatic heterocycles. The fraction of sp³-hybridized carbons (Fsp3) is 0.176. The Hall–Kier alpha value is -3.14. The Labute approximate surface area is 137 Å². The number of carbonyl (C=O) groups is 1. The van der Waals surface area contributed by atoms with Crippen LogP contribution in [0.1, 0.15) is 15.9 Å². The van der Waals surface area contributed by atoms with Gasteiger partial charge in [0.05, 0.1) is 30.0 Å². The zero-order chi connectivity index (χ0) is 17.5. The summed E-state index contributed by atoms with van der Waals surface area (Å²) in [4.78, 5) is 11.4. The summed E-state index contributed by atoms with van der Waals surface area (Å²) in [5.74, 6) is -2.13. The van der Waals surface area contributed by atoms with Gasteiger partial charge >= 0.3 is 5.97 Å². The second kappa shape index (κ2) is 7.92. The minimum absolute atomic E-state index is 0.0276. The molecule has 0 fully saturated rings. The Balaban J connectivity index is 1.94. The average Bonchev–Trinajstić information content (AvgIpc) is 2.60. The van der Waals surface area contributed by atoms with Gasteiger partial charge in [-0.15, -0.1) is 0 Å². The zero-order valence-electron chi connectivity index (χ0n) is 12.8. The van der Waals surface area contributed by atoms with Gasteiger partial charge in [-0.25, -0.2) is 13.6 Å². The summed E-state index contributed by atoms with van der Waals surface area (Å²) in [5, 5.41) is 11.4. The van der Waals surface area contributed by atoms with Gasteiger partial charge in [0, 0.05) is 12.6 Å². The summed E-state index contributed by atoms with van der Waals surface area (Å²) in [6.45, 7) is 0.430. The van der Waals surface area contributed by atoms with Crippen molar-refractivity contribution in [3.05, 3.63) is 59.2 Å². The molecule has 5 nitrogen and oxygen atoms in total. The predicted molar refractivity (Wildman–Crippen MR) is 82.8 cm³/mol. The number of nitrogens with zero attached hydrogens (tertiary/aromatic N) is 1. The van der Waals surface area contributed by atoms with Crippen LogP contribution in [0.15, 0.2) is 36.4 Å². The van der Waals surface area contributed by atoms with Crippen LogP contribution in [-0.4, -0.2) is 26.2 Å². The third-order valence-corrected chi connectivity index (χ3v) is 3.13. The van der Waals surface area contributed by atoms with Crippen molar-refractivity contribution in [3.63, 3.8) is 0 Å². The average molecular weight is 332 g/mol. The van der Waals surface area contributed by atoms with Crippen LogP contribution in [0.25, 0.3) is 0 Å². The van der Waals surface area contributed by atoms with E-state index in [4.69, 9.17) is 10.00 Å². The molecule has 0 atom stereocenters. The molecular formula is C17H14F2N2O3. The molecule has 0 heterocycles. The van der Waals surface area contributed by atoms with Crippen molar-refractivity contribution < 1.29 is 23.0 Å². The topological polar surface area (TPSA) is 71.3 Å². The maximum Gasteiger partial charge on any atom is 0.340 e. The fourth-order valence-corrected chi connectivity index (χ4v) is 1.93. The third kappa shape index (κ3) is 4.20. The van der Waals surface area contributed by atoms with Crippen LogP contribution in [0.4, 0.5) is 14.5 Å². The second-order valence-corrected chi connectivity index (χ2v) is 4.71. The highest BCUT2D eigenvalue weighted by Gasteiger charge is 2.16. The highest BCUT2D eigenvalue weighted by Crippen LogP contribution is 2.20. The summed E-state index contributed by atoms with van der Waals surface area (Å²) in [6, 6.07) is 10.2. The van der Waals surface area contributed by atoms with Gasteiger partial charge in [-0.05, 0) is 30.3 Å². The predicted octanol–water partition coefficient (Wildman–Crippen LogP) is 3.11. The van der Waals surface area contributed by atoms with Gasteiger partial charge < -0.3 is 14.8 Å². The summed E-state index contributed by atoms with van der Waals surface area (Å²) in [7, 11) is 1.11. The number of ether oxygens (including phenoxy) is 2. The van der Waals surface area contributed by atoms with E-state index in [9.17, 15) is 13.6 Å². The number of rotatable bonds is 6. The van der Waals surface area contributed by atoms with Crippen molar-refractivity contribution >= 4 is 11.7 Å². The smallest absolute Gasteiger partial charge is 0.340 e. The molecular weight excluding hydrogens is 318 g/mol. The Morgan fingerprint density at radius 3 is 2.54 bits per heavy atom. The molecule has 124 valence electrons. The van der Waals surface area contributed by atoms with Gasteiger partial charge in [0.2, 0.25) is 0 Å². The molecule has 24 heavy (non-hydrogen) atoms. The zero-order valence-corrected chi connectivity index (χ0v) is 12.8. The number of hydrogen-bond donors (Lipinski definition) is 1. The number of hydrogen-bond acceptors (Lipinski definition) is 5. The largest absolute Gasteiger partial charge is 0.492 e. The molecule has 2 rings (SSSR count). The first-order valence-electron chi connectivity index (χ1n) is 6.99. The monoisotopic (exact) mass is 332 g/mol. The van der Waals surface area contributed by atoms with E-state index in [1.165, 1.54) is 0 Å². The van der Waals surface area contributed by atoms with Gasteiger partial charge in [0.25, 0.3) is 0 Å². The Morgan fingerprint density at radius 2 is 1.92 bits per heavy atom. The highest BCUT2D eigenvalue weighted by atomic mass is 19.1. The standard InChI is InChI=1S/C17H14F2N2O3/c1-23-17(22)13-8-16(15(19)9-14(13)18)21-6-7-24-12-4-2-11(10-20)3-5-12/h2-5,8-9,21H,6-7H2,1H3. The Kier molecular flexibility index (Phi) is 5.68. The molecule has 0 bridgehead atoms. The normalized spacial score (nSPS) is 9.92. The lowest BCUT2D eigenvalue weighted by Crippen LogP contribution is -2.14. The molecule has 0 unspecified atom stereocenters. The van der Waals surface area contributed by atoms with E-state index in [-0.39, 0.29) is 24.4 Å². The van der Waals surface area contributed by atoms with Gasteiger partial charge in [0.15, 0.2) is 0 Å². The second-order valence-electron chi connectivity index (χ2n) is 4.71. The first-order chi connectivity index (χ1) is 11.5. The van der Waals surface area contributed by atoms with Crippen molar-refractivity contribution in [1.82, 2.24) is 0 Å². The molecule has 0 aliphatic heterocycles. The van der Waals surface area contributed by atoms with Gasteiger partial charge in [-0.2, -0.15) is 5.26 Å². The van der Waals surface area contributed by atoms with Crippen LogP contribution in [0.2, 0.25) is 0 Å². The van der Waals surface area contributed by atoms with E-state index in [0.717, 1.165) is 13.2 Å². The van der Waals surface area contributed by atoms with E-state index < -0.39 is 17.6 Å². The van der Waals surface area contributed by atoms with Crippen LogP contribution in [0.5, 0.6) is 5.75 Å². The summed E-state index contributed by atoms with van der Waals surface area (Å²) in [6.07, 6.45) is 0. The maximum absolute atomic E-state index is 13.7. The quantitative estimate of drug-likeness (QED) is 0.650. The van der Waals surface area contributed by atoms with Crippen molar-refractivity contribution in [3.8, 4) is 11.8 Å². The number of benzene rings is 2. The van der Waals surface area contributed by atoms with Crippen LogP contribution < -0.4 is 10.1 Å². The molecule has 1 N–H and O–H groups in total. The summed E-state index contributed by atoms with van der Waals surface area (Å²) in [5.41, 5.74) is 0.138. The molecule has 7 heteroatoms. The number of nitrogens with one attached hydrogen (secondary N) is 1. The number of carbonyl (C=O) groups excluding carboxylic acids is 1. The lowest BCUT2D eigenvalue weighted by molar-refractivity contribution is 0.0595. The molecule has 0 saturated heterocycles. The number of halogens is 2. The minimum Gasteiger partial charge on any atom is -0.492 e. The molecule has 0 radical (unpaired) electrons. The van der Waals surface area contributed by atoms with E-state index in [0.29, 0.717) is 17.4 Å². The van der Waals surface area contributed by atoms with E-state index in [2.05, 4.69) is 10.1 Å². The molecule has 0 aliphatic rings. The Morgan fingerprint density at radius 1 is 1.21 bits per heavy atom. The first-order valence-corrected chi connectivity index (χ1v) is 6.99. The van der Waals surface area contributed by atoms with E-state index in [1.54, 1.807) is 24.3 Å². The highest BCUT2D eigenvalue weighted by molar-refractivity contribution is 5.90. The lowest BCUT2D eigenvalue weighted by atomic mass is 10.1. The van der Waals surface area contributed by atoms with Crippen LogP contribution >= 0.6 is 0 Å². The molecule has 2 aromatic rings. The SMILES string of the molecule is COC(=O)c1cc(NCCOc2ccc(C#N)cc2)c(F)cc1F. The third-order valence-electron chi connectivity index (χ3n) is 3.13. The molecule has 0 amide bonds. The number of methoxy groups -OCH3 is 1. The maximum atomic E-state index is 13.7. The Bertz CT molecular complexity index is 771. The fourth-order valence-electron chi connectivity index (χ4n) is 1.93. The van der Waals surface area contributed by atoms with Gasteiger partial charge in [0.1, 0.15) is 24.0 Å². The molecule has 0 aliphatic carbocycles. The minimum atomic E-state index is -0.987. The van der Waals surface area contributed by atoms with Gasteiger partial charge in [-0.1, -0.05) is 0 Å². The first kappa shape index (κ1) is 17.2. The van der Waals surface area contributed by atoms with Crippen LogP contribution in [-0.2, 0) is 4.74 Å². The van der Waals surface area contributed by atoms with Crippen molar-refractivity contribution in [1.29, 1.82) is 5.26 Å². The van der Waals surface area contributed by atoms with Gasteiger partial charge in [-0.3, -0.25) is 0 Å². The van der Waals surface area contributed by atoms with Crippen LogP contribution in [0, 0.1) is 23.0 Å². The number of esters is 1. The summed E-state index contributed by atoms with van der Waals surface area (Å²) < 4.78 is 37.1. The molecule has 2 aromatic carbocycles. The van der Waals surface area contributed by atoms with Crippen molar-refractivity contribution in [2.24, 2.45) is 0 Å². The summed E-state index contributed by atoms with van der Waals surface area (Å²) >= 11 is 0. The number of nitriles is 1. The van der Waals surface area contributed by atoms with Crippen molar-refractivity contribution in [2.45, 2.75) is 0 Å². The number of anilines is 1. The van der Waals surface area contributed by atoms with Crippen molar-refractivity contribution in [2.75, 3.05) is 25.6 Å². The lowest BCUT2D eigenvalue weighted by Gasteiger charge is -2.11.